The maximum absolute atomic E-state index is 12.6. The summed E-state index contributed by atoms with van der Waals surface area (Å²) in [5, 5.41) is 0. The molecule has 5 aromatic rings. The van der Waals surface area contributed by atoms with Crippen molar-refractivity contribution in [2.24, 2.45) is 0 Å². The number of aromatic amines is 3. The summed E-state index contributed by atoms with van der Waals surface area (Å²) in [5.74, 6) is 2.37. The van der Waals surface area contributed by atoms with Crippen LogP contribution >= 0.6 is 0 Å². The van der Waals surface area contributed by atoms with Gasteiger partial charge in [-0.25, -0.2) is 9.59 Å². The molecule has 0 bridgehead atoms. The first kappa shape index (κ1) is 34.3. The molecule has 2 heterocycles. The van der Waals surface area contributed by atoms with E-state index in [0.717, 1.165) is 27.8 Å². The number of aromatic nitrogens is 4. The van der Waals surface area contributed by atoms with Gasteiger partial charge in [0.2, 0.25) is 11.8 Å². The molecule has 246 valence electrons. The number of hydrogen-bond acceptors (Lipinski definition) is 7. The molecule has 3 N–H and O–H groups in total. The van der Waals surface area contributed by atoms with Crippen LogP contribution in [0.5, 0.6) is 29.0 Å². The zero-order valence-electron chi connectivity index (χ0n) is 27.7. The summed E-state index contributed by atoms with van der Waals surface area (Å²) in [5.41, 5.74) is 4.01. The third-order valence-corrected chi connectivity index (χ3v) is 7.25. The Hall–Kier alpha value is -5.58. The fraction of sp³-hybridized carbons (Fsp3) is 0.278. The molecular weight excluding hydrogens is 600 g/mol. The molecule has 0 amide bonds. The normalized spacial score (nSPS) is 10.6. The Bertz CT molecular complexity index is 2080. The average molecular weight is 641 g/mol. The number of H-pyrrole nitrogens is 3. The molecule has 3 aromatic carbocycles. The Balaban J connectivity index is 0.000000229. The van der Waals surface area contributed by atoms with Gasteiger partial charge < -0.3 is 14.2 Å². The van der Waals surface area contributed by atoms with Gasteiger partial charge in [0.1, 0.15) is 17.2 Å². The standard InChI is InChI=1S/C22H24N2O4.C14H16N2O3/c1-5-19-20(25)23-22(26)24(13-16-7-6-8-17(12-16)27-4)21(19)28-18-10-14(2)9-15(3)11-18;1-4-11-12(17)15-14(18)16-13(11)19-10-6-8(2)5-9(3)7-10/h6-12H,5,13H2,1-4H3,(H,23,25,26);5-7H,4H2,1-3H3,(H2,15,16,17,18). The van der Waals surface area contributed by atoms with Gasteiger partial charge in [0.25, 0.3) is 11.1 Å². The molecule has 0 spiro atoms. The lowest BCUT2D eigenvalue weighted by Crippen LogP contribution is -2.33. The van der Waals surface area contributed by atoms with E-state index in [0.29, 0.717) is 41.2 Å². The Morgan fingerprint density at radius 1 is 0.638 bits per heavy atom. The van der Waals surface area contributed by atoms with Gasteiger partial charge in [-0.1, -0.05) is 38.1 Å². The van der Waals surface area contributed by atoms with Crippen LogP contribution in [0.25, 0.3) is 0 Å². The molecule has 0 radical (unpaired) electrons. The fourth-order valence-electron chi connectivity index (χ4n) is 5.23. The van der Waals surface area contributed by atoms with Crippen molar-refractivity contribution in [1.29, 1.82) is 0 Å². The van der Waals surface area contributed by atoms with E-state index in [1.54, 1.807) is 7.11 Å². The molecule has 0 aliphatic carbocycles. The smallest absolute Gasteiger partial charge is 0.331 e. The SMILES string of the molecule is CCc1c(Oc2cc(C)cc(C)c2)[nH]c(=O)[nH]c1=O.CCc1c(Oc2cc(C)cc(C)c2)n(Cc2cccc(OC)c2)c(=O)[nH]c1=O. The highest BCUT2D eigenvalue weighted by Gasteiger charge is 2.17. The highest BCUT2D eigenvalue weighted by Crippen LogP contribution is 2.26. The number of ether oxygens (including phenoxy) is 3. The first-order valence-corrected chi connectivity index (χ1v) is 15.3. The Labute approximate surface area is 271 Å². The van der Waals surface area contributed by atoms with Crippen molar-refractivity contribution in [1.82, 2.24) is 19.5 Å². The van der Waals surface area contributed by atoms with E-state index >= 15 is 0 Å². The van der Waals surface area contributed by atoms with Crippen molar-refractivity contribution >= 4 is 0 Å². The van der Waals surface area contributed by atoms with Crippen molar-refractivity contribution in [3.8, 4) is 29.0 Å². The monoisotopic (exact) mass is 640 g/mol. The summed E-state index contributed by atoms with van der Waals surface area (Å²) in [6, 6.07) is 19.0. The summed E-state index contributed by atoms with van der Waals surface area (Å²) in [7, 11) is 1.59. The summed E-state index contributed by atoms with van der Waals surface area (Å²) < 4.78 is 18.5. The molecule has 0 aliphatic heterocycles. The first-order chi connectivity index (χ1) is 22.4. The number of nitrogens with one attached hydrogen (secondary N) is 3. The maximum Gasteiger partial charge on any atom is 0.331 e. The number of nitrogens with zero attached hydrogens (tertiary/aromatic N) is 1. The highest BCUT2D eigenvalue weighted by molar-refractivity contribution is 5.39. The minimum absolute atomic E-state index is 0.209. The van der Waals surface area contributed by atoms with Gasteiger partial charge in [0, 0.05) is 0 Å². The Morgan fingerprint density at radius 3 is 1.74 bits per heavy atom. The molecule has 0 atom stereocenters. The maximum atomic E-state index is 12.6. The lowest BCUT2D eigenvalue weighted by molar-refractivity contribution is 0.408. The summed E-state index contributed by atoms with van der Waals surface area (Å²) in [6.45, 7) is 11.8. The lowest BCUT2D eigenvalue weighted by atomic mass is 10.1. The number of hydrogen-bond donors (Lipinski definition) is 3. The van der Waals surface area contributed by atoms with E-state index in [4.69, 9.17) is 14.2 Å². The molecule has 11 nitrogen and oxygen atoms in total. The van der Waals surface area contributed by atoms with Crippen LogP contribution in [0.2, 0.25) is 0 Å². The Kier molecular flexibility index (Phi) is 11.0. The summed E-state index contributed by atoms with van der Waals surface area (Å²) >= 11 is 0. The van der Waals surface area contributed by atoms with E-state index in [1.165, 1.54) is 4.57 Å². The lowest BCUT2D eigenvalue weighted by Gasteiger charge is -2.17. The molecule has 47 heavy (non-hydrogen) atoms. The molecular formula is C36H40N4O7. The first-order valence-electron chi connectivity index (χ1n) is 15.3. The molecule has 0 fully saturated rings. The van der Waals surface area contributed by atoms with Crippen LogP contribution in [-0.4, -0.2) is 26.6 Å². The van der Waals surface area contributed by atoms with Crippen molar-refractivity contribution in [3.63, 3.8) is 0 Å². The third-order valence-electron chi connectivity index (χ3n) is 7.25. The van der Waals surface area contributed by atoms with Crippen LogP contribution in [0.1, 0.15) is 52.8 Å². The number of rotatable bonds is 9. The molecule has 0 saturated heterocycles. The van der Waals surface area contributed by atoms with Crippen molar-refractivity contribution < 1.29 is 14.2 Å². The fourth-order valence-corrected chi connectivity index (χ4v) is 5.23. The molecule has 11 heteroatoms. The zero-order chi connectivity index (χ0) is 34.2. The zero-order valence-corrected chi connectivity index (χ0v) is 27.7. The molecule has 5 rings (SSSR count). The van der Waals surface area contributed by atoms with Gasteiger partial charge >= 0.3 is 11.4 Å². The van der Waals surface area contributed by atoms with Gasteiger partial charge in [0.15, 0.2) is 0 Å². The predicted octanol–water partition coefficient (Wildman–Crippen LogP) is 5.60. The van der Waals surface area contributed by atoms with E-state index in [2.05, 4.69) is 15.0 Å². The number of aryl methyl sites for hydroxylation is 4. The third kappa shape index (κ3) is 8.78. The molecule has 0 saturated carbocycles. The summed E-state index contributed by atoms with van der Waals surface area (Å²) in [6.07, 6.45) is 0.917. The van der Waals surface area contributed by atoms with Crippen molar-refractivity contribution in [3.05, 3.63) is 141 Å². The van der Waals surface area contributed by atoms with Crippen molar-refractivity contribution in [2.45, 2.75) is 60.9 Å². The van der Waals surface area contributed by atoms with Gasteiger partial charge in [-0.3, -0.25) is 29.1 Å². The summed E-state index contributed by atoms with van der Waals surface area (Å²) in [4.78, 5) is 55.0. The van der Waals surface area contributed by atoms with Crippen molar-refractivity contribution in [2.75, 3.05) is 7.11 Å². The van der Waals surface area contributed by atoms with Crippen LogP contribution in [-0.2, 0) is 19.4 Å². The van der Waals surface area contributed by atoms with E-state index in [1.807, 2.05) is 102 Å². The van der Waals surface area contributed by atoms with Crippen LogP contribution in [0.15, 0.2) is 79.8 Å². The van der Waals surface area contributed by atoms with Crippen LogP contribution in [0, 0.1) is 27.7 Å². The second-order valence-electron chi connectivity index (χ2n) is 11.3. The second kappa shape index (κ2) is 15.1. The quantitative estimate of drug-likeness (QED) is 0.190. The molecule has 0 aliphatic rings. The van der Waals surface area contributed by atoms with E-state index < -0.39 is 22.5 Å². The van der Waals surface area contributed by atoms with E-state index in [-0.39, 0.29) is 18.3 Å². The topological polar surface area (TPSA) is 148 Å². The van der Waals surface area contributed by atoms with Crippen LogP contribution in [0.3, 0.4) is 0 Å². The predicted molar refractivity (Wildman–Crippen MR) is 182 cm³/mol. The van der Waals surface area contributed by atoms with Crippen LogP contribution in [0.4, 0.5) is 0 Å². The second-order valence-corrected chi connectivity index (χ2v) is 11.3. The molecule has 0 unspecified atom stereocenters. The minimum Gasteiger partial charge on any atom is -0.497 e. The molecule has 2 aromatic heterocycles. The Morgan fingerprint density at radius 2 is 1.19 bits per heavy atom. The van der Waals surface area contributed by atoms with Crippen LogP contribution < -0.4 is 36.7 Å². The number of methoxy groups -OCH3 is 1. The van der Waals surface area contributed by atoms with Gasteiger partial charge in [-0.2, -0.15) is 0 Å². The van der Waals surface area contributed by atoms with Gasteiger partial charge in [0.05, 0.1) is 24.8 Å². The van der Waals surface area contributed by atoms with Gasteiger partial charge in [-0.05, 0) is 105 Å². The minimum atomic E-state index is -0.568. The van der Waals surface area contributed by atoms with E-state index in [9.17, 15) is 19.2 Å². The number of benzene rings is 3. The highest BCUT2D eigenvalue weighted by atomic mass is 16.5. The largest absolute Gasteiger partial charge is 0.497 e. The average Bonchev–Trinajstić information content (AvgIpc) is 2.98. The van der Waals surface area contributed by atoms with Gasteiger partial charge in [-0.15, -0.1) is 0 Å².